The van der Waals surface area contributed by atoms with Gasteiger partial charge in [-0.3, -0.25) is 4.79 Å². The molecule has 1 aliphatic heterocycles. The molecule has 1 unspecified atom stereocenters. The first-order chi connectivity index (χ1) is 14.7. The Morgan fingerprint density at radius 1 is 1.03 bits per heavy atom. The standard InChI is InChI=1S/C24H31N3O3/c1-16(17-6-11-22-23(14-17)30-13-12-29-22)25-19-7-9-20(10-8-19)27-24(28)15-18-4-2-3-5-21(18)26-27/h6,11,14-16,19-20,25H,2-5,7-10,12-13H2,1H3. The van der Waals surface area contributed by atoms with Crippen molar-refractivity contribution in [3.63, 3.8) is 0 Å². The fourth-order valence-corrected chi connectivity index (χ4v) is 5.10. The van der Waals surface area contributed by atoms with Crippen LogP contribution in [0.25, 0.3) is 0 Å². The molecule has 1 N–H and O–H groups in total. The molecule has 1 fully saturated rings. The molecule has 6 heteroatoms. The molecular formula is C24H31N3O3. The van der Waals surface area contributed by atoms with Gasteiger partial charge in [-0.05, 0) is 81.5 Å². The summed E-state index contributed by atoms with van der Waals surface area (Å²) < 4.78 is 13.1. The number of aromatic nitrogens is 2. The minimum atomic E-state index is 0.0803. The second-order valence-electron chi connectivity index (χ2n) is 8.90. The van der Waals surface area contributed by atoms with Gasteiger partial charge >= 0.3 is 0 Å². The van der Waals surface area contributed by atoms with Crippen LogP contribution >= 0.6 is 0 Å². The first-order valence-electron chi connectivity index (χ1n) is 11.4. The van der Waals surface area contributed by atoms with Gasteiger partial charge in [-0.25, -0.2) is 4.68 Å². The van der Waals surface area contributed by atoms with E-state index in [0.29, 0.717) is 19.3 Å². The van der Waals surface area contributed by atoms with Crippen molar-refractivity contribution in [2.75, 3.05) is 13.2 Å². The Balaban J connectivity index is 1.21. The molecule has 0 radical (unpaired) electrons. The van der Waals surface area contributed by atoms with Gasteiger partial charge in [0.05, 0.1) is 11.7 Å². The Morgan fingerprint density at radius 3 is 2.63 bits per heavy atom. The Hall–Kier alpha value is -2.34. The topological polar surface area (TPSA) is 65.4 Å². The van der Waals surface area contributed by atoms with Crippen LogP contribution in [0.2, 0.25) is 0 Å². The van der Waals surface area contributed by atoms with E-state index in [9.17, 15) is 4.79 Å². The van der Waals surface area contributed by atoms with Crippen molar-refractivity contribution in [3.05, 3.63) is 51.4 Å². The number of aryl methyl sites for hydroxylation is 2. The number of hydrogen-bond acceptors (Lipinski definition) is 5. The van der Waals surface area contributed by atoms with Gasteiger partial charge in [-0.1, -0.05) is 6.07 Å². The van der Waals surface area contributed by atoms with Crippen LogP contribution < -0.4 is 20.3 Å². The maximum atomic E-state index is 12.6. The van der Waals surface area contributed by atoms with Crippen LogP contribution in [0, 0.1) is 0 Å². The molecule has 1 atom stereocenters. The molecule has 160 valence electrons. The molecular weight excluding hydrogens is 378 g/mol. The third kappa shape index (κ3) is 3.97. The zero-order chi connectivity index (χ0) is 20.5. The zero-order valence-electron chi connectivity index (χ0n) is 17.7. The van der Waals surface area contributed by atoms with Crippen LogP contribution in [-0.4, -0.2) is 29.0 Å². The lowest BCUT2D eigenvalue weighted by atomic mass is 9.90. The molecule has 5 rings (SSSR count). The van der Waals surface area contributed by atoms with E-state index in [1.807, 2.05) is 12.1 Å². The Kier molecular flexibility index (Phi) is 5.50. The Morgan fingerprint density at radius 2 is 1.80 bits per heavy atom. The predicted molar refractivity (Wildman–Crippen MR) is 115 cm³/mol. The molecule has 2 aromatic rings. The molecule has 0 saturated heterocycles. The highest BCUT2D eigenvalue weighted by molar-refractivity contribution is 5.44. The van der Waals surface area contributed by atoms with Crippen LogP contribution in [-0.2, 0) is 12.8 Å². The summed E-state index contributed by atoms with van der Waals surface area (Å²) in [6.07, 6.45) is 8.50. The molecule has 0 spiro atoms. The minimum Gasteiger partial charge on any atom is -0.486 e. The summed E-state index contributed by atoms with van der Waals surface area (Å²) >= 11 is 0. The van der Waals surface area contributed by atoms with Crippen molar-refractivity contribution in [1.29, 1.82) is 0 Å². The summed E-state index contributed by atoms with van der Waals surface area (Å²) in [7, 11) is 0. The second kappa shape index (κ2) is 8.42. The predicted octanol–water partition coefficient (Wildman–Crippen LogP) is 3.73. The van der Waals surface area contributed by atoms with Crippen molar-refractivity contribution in [1.82, 2.24) is 15.1 Å². The highest BCUT2D eigenvalue weighted by Crippen LogP contribution is 2.34. The van der Waals surface area contributed by atoms with Crippen molar-refractivity contribution < 1.29 is 9.47 Å². The first kappa shape index (κ1) is 19.6. The van der Waals surface area contributed by atoms with Crippen molar-refractivity contribution in [2.45, 2.75) is 76.4 Å². The van der Waals surface area contributed by atoms with Crippen LogP contribution in [0.4, 0.5) is 0 Å². The molecule has 0 amide bonds. The van der Waals surface area contributed by atoms with Gasteiger partial charge in [0, 0.05) is 18.2 Å². The lowest BCUT2D eigenvalue weighted by Crippen LogP contribution is -2.38. The van der Waals surface area contributed by atoms with Crippen LogP contribution in [0.15, 0.2) is 29.1 Å². The molecule has 1 saturated carbocycles. The summed E-state index contributed by atoms with van der Waals surface area (Å²) in [5.74, 6) is 1.68. The number of rotatable bonds is 4. The van der Waals surface area contributed by atoms with E-state index in [-0.39, 0.29) is 17.6 Å². The van der Waals surface area contributed by atoms with Gasteiger partial charge < -0.3 is 14.8 Å². The largest absolute Gasteiger partial charge is 0.486 e. The molecule has 2 heterocycles. The number of nitrogens with one attached hydrogen (secondary N) is 1. The van der Waals surface area contributed by atoms with Crippen LogP contribution in [0.5, 0.6) is 11.5 Å². The summed E-state index contributed by atoms with van der Waals surface area (Å²) in [5, 5.41) is 8.54. The van der Waals surface area contributed by atoms with Crippen molar-refractivity contribution >= 4 is 0 Å². The molecule has 30 heavy (non-hydrogen) atoms. The average Bonchev–Trinajstić information content (AvgIpc) is 2.79. The molecule has 2 aliphatic carbocycles. The smallest absolute Gasteiger partial charge is 0.267 e. The van der Waals surface area contributed by atoms with Gasteiger partial charge in [-0.2, -0.15) is 5.10 Å². The van der Waals surface area contributed by atoms with Gasteiger partial charge in [-0.15, -0.1) is 0 Å². The summed E-state index contributed by atoms with van der Waals surface area (Å²) in [4.78, 5) is 12.6. The third-order valence-corrected chi connectivity index (χ3v) is 6.83. The zero-order valence-corrected chi connectivity index (χ0v) is 17.7. The van der Waals surface area contributed by atoms with Crippen molar-refractivity contribution in [2.24, 2.45) is 0 Å². The lowest BCUT2D eigenvalue weighted by Gasteiger charge is -2.32. The fourth-order valence-electron chi connectivity index (χ4n) is 5.10. The summed E-state index contributed by atoms with van der Waals surface area (Å²) in [5.41, 5.74) is 3.62. The first-order valence-corrected chi connectivity index (χ1v) is 11.4. The molecule has 3 aliphatic rings. The normalized spacial score (nSPS) is 24.2. The second-order valence-corrected chi connectivity index (χ2v) is 8.90. The van der Waals surface area contributed by atoms with Crippen LogP contribution in [0.3, 0.4) is 0 Å². The quantitative estimate of drug-likeness (QED) is 0.834. The van der Waals surface area contributed by atoms with E-state index < -0.39 is 0 Å². The molecule has 6 nitrogen and oxygen atoms in total. The summed E-state index contributed by atoms with van der Waals surface area (Å²) in [6, 6.07) is 8.99. The maximum Gasteiger partial charge on any atom is 0.267 e. The minimum absolute atomic E-state index is 0.0803. The van der Waals surface area contributed by atoms with E-state index in [4.69, 9.17) is 14.6 Å². The highest BCUT2D eigenvalue weighted by Gasteiger charge is 2.26. The number of fused-ring (bicyclic) bond motifs is 2. The van der Waals surface area contributed by atoms with E-state index >= 15 is 0 Å². The SMILES string of the molecule is CC(NC1CCC(n2nc3c(cc2=O)CCCC3)CC1)c1ccc2c(c1)OCCO2. The molecule has 0 bridgehead atoms. The average molecular weight is 410 g/mol. The van der Waals surface area contributed by atoms with E-state index in [1.54, 1.807) is 4.68 Å². The lowest BCUT2D eigenvalue weighted by molar-refractivity contribution is 0.171. The van der Waals surface area contributed by atoms with Gasteiger partial charge in [0.15, 0.2) is 11.5 Å². The maximum absolute atomic E-state index is 12.6. The van der Waals surface area contributed by atoms with Crippen LogP contribution in [0.1, 0.15) is 74.4 Å². The number of ether oxygens (including phenoxy) is 2. The molecule has 1 aromatic heterocycles. The van der Waals surface area contributed by atoms with Crippen molar-refractivity contribution in [3.8, 4) is 11.5 Å². The number of nitrogens with zero attached hydrogens (tertiary/aromatic N) is 2. The number of benzene rings is 1. The summed E-state index contributed by atoms with van der Waals surface area (Å²) in [6.45, 7) is 3.43. The van der Waals surface area contributed by atoms with Gasteiger partial charge in [0.25, 0.3) is 5.56 Å². The monoisotopic (exact) mass is 409 g/mol. The van der Waals surface area contributed by atoms with E-state index in [2.05, 4.69) is 24.4 Å². The van der Waals surface area contributed by atoms with E-state index in [1.165, 1.54) is 24.0 Å². The number of hydrogen-bond donors (Lipinski definition) is 1. The Labute approximate surface area is 177 Å². The molecule has 1 aromatic carbocycles. The van der Waals surface area contributed by atoms with Gasteiger partial charge in [0.1, 0.15) is 13.2 Å². The Bertz CT molecular complexity index is 963. The van der Waals surface area contributed by atoms with Gasteiger partial charge in [0.2, 0.25) is 0 Å². The third-order valence-electron chi connectivity index (χ3n) is 6.83. The van der Waals surface area contributed by atoms with E-state index in [0.717, 1.165) is 55.7 Å². The fraction of sp³-hybridized carbons (Fsp3) is 0.583. The highest BCUT2D eigenvalue weighted by atomic mass is 16.6.